The zero-order valence-corrected chi connectivity index (χ0v) is 13.4. The van der Waals surface area contributed by atoms with Crippen LogP contribution in [-0.2, 0) is 10.0 Å². The highest BCUT2D eigenvalue weighted by Gasteiger charge is 2.26. The van der Waals surface area contributed by atoms with Gasteiger partial charge in [0, 0.05) is 31.3 Å². The molecule has 2 N–H and O–H groups in total. The molecule has 0 atom stereocenters. The Labute approximate surface area is 129 Å². The maximum Gasteiger partial charge on any atom is 0.271 e. The van der Waals surface area contributed by atoms with Gasteiger partial charge in [0.25, 0.3) is 5.69 Å². The van der Waals surface area contributed by atoms with Gasteiger partial charge in [0.15, 0.2) is 0 Å². The summed E-state index contributed by atoms with van der Waals surface area (Å²) in [6, 6.07) is 4.08. The molecule has 22 heavy (non-hydrogen) atoms. The SMILES string of the molecule is CN(C)C1CCN(c2cc([N+](=O)[O-])ccc2S(N)(=O)=O)CC1. The van der Waals surface area contributed by atoms with Crippen molar-refractivity contribution in [1.29, 1.82) is 0 Å². The molecule has 1 aliphatic rings. The Balaban J connectivity index is 2.36. The number of primary sulfonamides is 1. The van der Waals surface area contributed by atoms with E-state index in [1.165, 1.54) is 12.1 Å². The Bertz CT molecular complexity index is 667. The zero-order chi connectivity index (χ0) is 16.5. The lowest BCUT2D eigenvalue weighted by molar-refractivity contribution is -0.384. The van der Waals surface area contributed by atoms with Crippen LogP contribution in [-0.4, -0.2) is 51.5 Å². The molecule has 1 aromatic rings. The fourth-order valence-electron chi connectivity index (χ4n) is 2.73. The number of nitrogens with two attached hydrogens (primary N) is 1. The van der Waals surface area contributed by atoms with Crippen LogP contribution >= 0.6 is 0 Å². The molecule has 0 unspecified atom stereocenters. The number of nitro groups is 1. The van der Waals surface area contributed by atoms with E-state index in [1.807, 2.05) is 19.0 Å². The topological polar surface area (TPSA) is 110 Å². The average molecular weight is 328 g/mol. The lowest BCUT2D eigenvalue weighted by atomic mass is 10.0. The highest BCUT2D eigenvalue weighted by Crippen LogP contribution is 2.31. The van der Waals surface area contributed by atoms with E-state index < -0.39 is 14.9 Å². The van der Waals surface area contributed by atoms with Crippen molar-refractivity contribution in [2.75, 3.05) is 32.1 Å². The first kappa shape index (κ1) is 16.7. The maximum absolute atomic E-state index is 11.7. The monoisotopic (exact) mass is 328 g/mol. The third-order valence-electron chi connectivity index (χ3n) is 4.00. The van der Waals surface area contributed by atoms with Gasteiger partial charge in [-0.2, -0.15) is 0 Å². The summed E-state index contributed by atoms with van der Waals surface area (Å²) < 4.78 is 23.4. The second-order valence-electron chi connectivity index (χ2n) is 5.64. The molecule has 1 aromatic carbocycles. The van der Waals surface area contributed by atoms with E-state index in [1.54, 1.807) is 0 Å². The number of anilines is 1. The normalized spacial score (nSPS) is 17.0. The largest absolute Gasteiger partial charge is 0.370 e. The van der Waals surface area contributed by atoms with Gasteiger partial charge >= 0.3 is 0 Å². The average Bonchev–Trinajstić information content (AvgIpc) is 2.45. The maximum atomic E-state index is 11.7. The Morgan fingerprint density at radius 3 is 2.36 bits per heavy atom. The van der Waals surface area contributed by atoms with Gasteiger partial charge in [-0.15, -0.1) is 0 Å². The van der Waals surface area contributed by atoms with Crippen molar-refractivity contribution < 1.29 is 13.3 Å². The number of nitro benzene ring substituents is 1. The zero-order valence-electron chi connectivity index (χ0n) is 12.6. The van der Waals surface area contributed by atoms with E-state index >= 15 is 0 Å². The molecule has 0 radical (unpaired) electrons. The van der Waals surface area contributed by atoms with Crippen LogP contribution in [0, 0.1) is 10.1 Å². The van der Waals surface area contributed by atoms with Crippen LogP contribution in [0.2, 0.25) is 0 Å². The van der Waals surface area contributed by atoms with Crippen LogP contribution < -0.4 is 10.0 Å². The van der Waals surface area contributed by atoms with Crippen molar-refractivity contribution in [3.05, 3.63) is 28.3 Å². The molecular weight excluding hydrogens is 308 g/mol. The molecule has 0 bridgehead atoms. The predicted molar refractivity (Wildman–Crippen MR) is 83.4 cm³/mol. The Morgan fingerprint density at radius 1 is 1.32 bits per heavy atom. The smallest absolute Gasteiger partial charge is 0.271 e. The van der Waals surface area contributed by atoms with Crippen molar-refractivity contribution in [2.45, 2.75) is 23.8 Å². The van der Waals surface area contributed by atoms with E-state index in [-0.39, 0.29) is 10.6 Å². The van der Waals surface area contributed by atoms with Crippen LogP contribution in [0.1, 0.15) is 12.8 Å². The van der Waals surface area contributed by atoms with E-state index in [0.29, 0.717) is 24.8 Å². The van der Waals surface area contributed by atoms with Gasteiger partial charge in [-0.25, -0.2) is 13.6 Å². The summed E-state index contributed by atoms with van der Waals surface area (Å²) in [5, 5.41) is 16.2. The van der Waals surface area contributed by atoms with Crippen molar-refractivity contribution >= 4 is 21.4 Å². The summed E-state index contributed by atoms with van der Waals surface area (Å²) in [5.74, 6) is 0. The third-order valence-corrected chi connectivity index (χ3v) is 4.95. The molecule has 2 rings (SSSR count). The van der Waals surface area contributed by atoms with Crippen molar-refractivity contribution in [1.82, 2.24) is 4.90 Å². The summed E-state index contributed by atoms with van der Waals surface area (Å²) in [4.78, 5) is 14.3. The summed E-state index contributed by atoms with van der Waals surface area (Å²) in [6.07, 6.45) is 1.72. The van der Waals surface area contributed by atoms with Gasteiger partial charge in [-0.3, -0.25) is 10.1 Å². The molecule has 0 aliphatic carbocycles. The fraction of sp³-hybridized carbons (Fsp3) is 0.538. The molecule has 122 valence electrons. The lowest BCUT2D eigenvalue weighted by Crippen LogP contribution is -2.42. The molecule has 0 saturated carbocycles. The number of hydrogen-bond acceptors (Lipinski definition) is 6. The van der Waals surface area contributed by atoms with Crippen LogP contribution in [0.15, 0.2) is 23.1 Å². The molecule has 0 spiro atoms. The fourth-order valence-corrected chi connectivity index (χ4v) is 3.47. The second kappa shape index (κ2) is 6.19. The van der Waals surface area contributed by atoms with Gasteiger partial charge in [0.1, 0.15) is 4.90 Å². The number of nitrogens with zero attached hydrogens (tertiary/aromatic N) is 3. The molecule has 1 saturated heterocycles. The highest BCUT2D eigenvalue weighted by molar-refractivity contribution is 7.89. The molecule has 1 aliphatic heterocycles. The number of benzene rings is 1. The van der Waals surface area contributed by atoms with Crippen molar-refractivity contribution in [3.8, 4) is 0 Å². The molecule has 1 fully saturated rings. The molecule has 0 aromatic heterocycles. The van der Waals surface area contributed by atoms with Gasteiger partial charge < -0.3 is 9.80 Å². The number of non-ortho nitro benzene ring substituents is 1. The highest BCUT2D eigenvalue weighted by atomic mass is 32.2. The first-order valence-electron chi connectivity index (χ1n) is 6.93. The van der Waals surface area contributed by atoms with Gasteiger partial charge in [0.2, 0.25) is 10.0 Å². The summed E-state index contributed by atoms with van der Waals surface area (Å²) in [6.45, 7) is 1.26. The summed E-state index contributed by atoms with van der Waals surface area (Å²) >= 11 is 0. The Kier molecular flexibility index (Phi) is 4.69. The van der Waals surface area contributed by atoms with Crippen LogP contribution in [0.3, 0.4) is 0 Å². The molecule has 8 nitrogen and oxygen atoms in total. The first-order chi connectivity index (χ1) is 10.2. The van der Waals surface area contributed by atoms with Gasteiger partial charge in [0.05, 0.1) is 10.6 Å². The van der Waals surface area contributed by atoms with Gasteiger partial charge in [-0.05, 0) is 33.0 Å². The Morgan fingerprint density at radius 2 is 1.91 bits per heavy atom. The van der Waals surface area contributed by atoms with E-state index in [2.05, 4.69) is 4.90 Å². The summed E-state index contributed by atoms with van der Waals surface area (Å²) in [7, 11) is 0.0771. The molecule has 9 heteroatoms. The van der Waals surface area contributed by atoms with E-state index in [9.17, 15) is 18.5 Å². The van der Waals surface area contributed by atoms with Crippen LogP contribution in [0.4, 0.5) is 11.4 Å². The third kappa shape index (κ3) is 3.54. The van der Waals surface area contributed by atoms with Crippen molar-refractivity contribution in [3.63, 3.8) is 0 Å². The minimum atomic E-state index is -3.93. The van der Waals surface area contributed by atoms with Crippen molar-refractivity contribution in [2.24, 2.45) is 5.14 Å². The van der Waals surface area contributed by atoms with E-state index in [0.717, 1.165) is 18.9 Å². The molecule has 1 heterocycles. The summed E-state index contributed by atoms with van der Waals surface area (Å²) in [5.41, 5.74) is 0.172. The molecular formula is C13H20N4O4S. The lowest BCUT2D eigenvalue weighted by Gasteiger charge is -2.36. The Hall–Kier alpha value is -1.71. The molecule has 0 amide bonds. The first-order valence-corrected chi connectivity index (χ1v) is 8.47. The quantitative estimate of drug-likeness (QED) is 0.646. The number of rotatable bonds is 4. The standard InChI is InChI=1S/C13H20N4O4S/c1-15(2)10-5-7-16(8-6-10)12-9-11(17(18)19)3-4-13(12)22(14,20)21/h3-4,9-10H,5-8H2,1-2H3,(H2,14,20,21). The van der Waals surface area contributed by atoms with E-state index in [4.69, 9.17) is 5.14 Å². The van der Waals surface area contributed by atoms with Gasteiger partial charge in [-0.1, -0.05) is 0 Å². The number of piperidine rings is 1. The minimum Gasteiger partial charge on any atom is -0.370 e. The van der Waals surface area contributed by atoms with Crippen LogP contribution in [0.5, 0.6) is 0 Å². The minimum absolute atomic E-state index is 0.0681. The van der Waals surface area contributed by atoms with Crippen LogP contribution in [0.25, 0.3) is 0 Å². The number of sulfonamides is 1. The number of hydrogen-bond donors (Lipinski definition) is 1. The predicted octanol–water partition coefficient (Wildman–Crippen LogP) is 0.773. The second-order valence-corrected chi connectivity index (χ2v) is 7.17.